The number of carbonyl (C=O) groups is 2. The second kappa shape index (κ2) is 9.57. The fourth-order valence-corrected chi connectivity index (χ4v) is 3.96. The molecule has 0 aromatic heterocycles. The molecule has 0 heterocycles. The van der Waals surface area contributed by atoms with Crippen molar-refractivity contribution >= 4 is 33.2 Å². The number of nitrogens with one attached hydrogen (secondary N) is 1. The molecule has 0 radical (unpaired) electrons. The van der Waals surface area contributed by atoms with Gasteiger partial charge in [0.15, 0.2) is 6.10 Å². The van der Waals surface area contributed by atoms with Crippen molar-refractivity contribution < 1.29 is 32.1 Å². The zero-order valence-electron chi connectivity index (χ0n) is 17.1. The molecule has 1 unspecified atom stereocenters. The van der Waals surface area contributed by atoms with Crippen molar-refractivity contribution in [1.29, 1.82) is 0 Å². The zero-order valence-corrected chi connectivity index (χ0v) is 17.9. The van der Waals surface area contributed by atoms with Crippen molar-refractivity contribution in [2.24, 2.45) is 0 Å². The van der Waals surface area contributed by atoms with Gasteiger partial charge in [-0.25, -0.2) is 17.6 Å². The van der Waals surface area contributed by atoms with E-state index in [9.17, 15) is 32.5 Å². The average Bonchev–Trinajstić information content (AvgIpc) is 2.79. The first kappa shape index (κ1) is 23.5. The molecule has 0 aliphatic rings. The minimum Gasteiger partial charge on any atom is -0.451 e. The van der Waals surface area contributed by atoms with E-state index in [0.29, 0.717) is 0 Å². The Balaban J connectivity index is 1.81. The molecule has 1 atom stereocenters. The number of non-ortho nitro benzene ring substituents is 1. The number of nitro benzene ring substituents is 1. The van der Waals surface area contributed by atoms with Crippen LogP contribution in [0.4, 0.5) is 15.8 Å². The lowest BCUT2D eigenvalue weighted by molar-refractivity contribution is -0.385. The molecule has 9 nitrogen and oxygen atoms in total. The average molecular weight is 472 g/mol. The Bertz CT molecular complexity index is 1320. The van der Waals surface area contributed by atoms with Gasteiger partial charge in [-0.3, -0.25) is 19.6 Å². The van der Waals surface area contributed by atoms with E-state index in [2.05, 4.69) is 4.72 Å². The predicted molar refractivity (Wildman–Crippen MR) is 116 cm³/mol. The Hall–Kier alpha value is -4.12. The first-order valence-electron chi connectivity index (χ1n) is 9.45. The maximum absolute atomic E-state index is 13.1. The smallest absolute Gasteiger partial charge is 0.340 e. The number of nitrogens with zero attached hydrogens (tertiary/aromatic N) is 1. The van der Waals surface area contributed by atoms with Crippen molar-refractivity contribution in [3.63, 3.8) is 0 Å². The first-order valence-corrected chi connectivity index (χ1v) is 10.9. The van der Waals surface area contributed by atoms with E-state index in [0.717, 1.165) is 24.3 Å². The fourth-order valence-electron chi connectivity index (χ4n) is 2.84. The number of ether oxygens (including phenoxy) is 1. The number of nitro groups is 1. The van der Waals surface area contributed by atoms with E-state index >= 15 is 0 Å². The molecule has 3 aromatic carbocycles. The normalized spacial score (nSPS) is 11.9. The zero-order chi connectivity index (χ0) is 24.2. The van der Waals surface area contributed by atoms with Gasteiger partial charge in [-0.2, -0.15) is 0 Å². The van der Waals surface area contributed by atoms with Gasteiger partial charge in [-0.1, -0.05) is 18.2 Å². The number of anilines is 1. The van der Waals surface area contributed by atoms with Crippen LogP contribution in [0.1, 0.15) is 27.6 Å². The van der Waals surface area contributed by atoms with Gasteiger partial charge >= 0.3 is 5.97 Å². The summed E-state index contributed by atoms with van der Waals surface area (Å²) < 4.78 is 45.9. The van der Waals surface area contributed by atoms with Gasteiger partial charge in [0.05, 0.1) is 21.1 Å². The van der Waals surface area contributed by atoms with E-state index in [4.69, 9.17) is 4.74 Å². The maximum atomic E-state index is 13.1. The summed E-state index contributed by atoms with van der Waals surface area (Å²) in [5, 5.41) is 10.9. The van der Waals surface area contributed by atoms with Crippen LogP contribution in [0.3, 0.4) is 0 Å². The Kier molecular flexibility index (Phi) is 6.83. The lowest BCUT2D eigenvalue weighted by Gasteiger charge is -2.15. The number of benzene rings is 3. The number of Topliss-reactive ketones (excluding diaryl/α,β-unsaturated/α-hetero) is 1. The predicted octanol–water partition coefficient (Wildman–Crippen LogP) is 3.96. The number of para-hydroxylation sites is 1. The molecule has 0 amide bonds. The number of hydrogen-bond donors (Lipinski definition) is 1. The maximum Gasteiger partial charge on any atom is 0.340 e. The van der Waals surface area contributed by atoms with Gasteiger partial charge in [0.1, 0.15) is 5.82 Å². The number of hydrogen-bond acceptors (Lipinski definition) is 7. The number of esters is 1. The molecule has 0 bridgehead atoms. The molecule has 0 spiro atoms. The van der Waals surface area contributed by atoms with Gasteiger partial charge in [0, 0.05) is 17.7 Å². The largest absolute Gasteiger partial charge is 0.451 e. The van der Waals surface area contributed by atoms with Crippen LogP contribution >= 0.6 is 0 Å². The van der Waals surface area contributed by atoms with Crippen LogP contribution in [-0.4, -0.2) is 31.2 Å². The molecule has 3 aromatic rings. The lowest BCUT2D eigenvalue weighted by Crippen LogP contribution is -2.25. The summed E-state index contributed by atoms with van der Waals surface area (Å²) in [5.74, 6) is -2.07. The highest BCUT2D eigenvalue weighted by molar-refractivity contribution is 7.92. The van der Waals surface area contributed by atoms with Gasteiger partial charge in [0.25, 0.3) is 15.7 Å². The molecular formula is C22H17FN2O7S. The molecule has 1 N–H and O–H groups in total. The number of carbonyl (C=O) groups excluding carboxylic acids is 2. The van der Waals surface area contributed by atoms with Crippen molar-refractivity contribution in [2.75, 3.05) is 4.72 Å². The van der Waals surface area contributed by atoms with Crippen LogP contribution in [0, 0.1) is 15.9 Å². The number of rotatable bonds is 8. The highest BCUT2D eigenvalue weighted by Gasteiger charge is 2.24. The van der Waals surface area contributed by atoms with Crippen LogP contribution < -0.4 is 4.72 Å². The summed E-state index contributed by atoms with van der Waals surface area (Å²) >= 11 is 0. The minimum absolute atomic E-state index is 0.136. The summed E-state index contributed by atoms with van der Waals surface area (Å²) in [7, 11) is -4.28. The molecular weight excluding hydrogens is 455 g/mol. The third-order valence-electron chi connectivity index (χ3n) is 4.51. The van der Waals surface area contributed by atoms with Crippen molar-refractivity contribution in [2.45, 2.75) is 17.9 Å². The molecule has 33 heavy (non-hydrogen) atoms. The first-order chi connectivity index (χ1) is 15.6. The summed E-state index contributed by atoms with van der Waals surface area (Å²) in [6.07, 6.45) is -1.23. The van der Waals surface area contributed by atoms with Crippen LogP contribution in [0.2, 0.25) is 0 Å². The third kappa shape index (κ3) is 5.57. The molecule has 11 heteroatoms. The van der Waals surface area contributed by atoms with E-state index < -0.39 is 44.3 Å². The van der Waals surface area contributed by atoms with E-state index in [1.165, 1.54) is 55.5 Å². The molecule has 0 aliphatic heterocycles. The highest BCUT2D eigenvalue weighted by atomic mass is 32.2. The topological polar surface area (TPSA) is 133 Å². The molecule has 0 fully saturated rings. The second-order valence-corrected chi connectivity index (χ2v) is 8.51. The molecule has 170 valence electrons. The van der Waals surface area contributed by atoms with Crippen LogP contribution in [0.5, 0.6) is 0 Å². The van der Waals surface area contributed by atoms with Gasteiger partial charge in [-0.15, -0.1) is 0 Å². The molecule has 0 saturated carbocycles. The van der Waals surface area contributed by atoms with Crippen molar-refractivity contribution in [3.05, 3.63) is 99.9 Å². The van der Waals surface area contributed by atoms with E-state index in [1.54, 1.807) is 0 Å². The molecule has 0 aliphatic carbocycles. The Morgan fingerprint density at radius 1 is 1.03 bits per heavy atom. The standard InChI is InChI=1S/C22H17FN2O7S/c1-14(21(26)15-9-11-16(23)12-10-15)32-22(27)19-7-2-3-8-20(19)24-33(30,31)18-6-4-5-17(13-18)25(28)29/h2-14,24H,1H3. The van der Waals surface area contributed by atoms with E-state index in [1.807, 2.05) is 0 Å². The van der Waals surface area contributed by atoms with E-state index in [-0.39, 0.29) is 21.7 Å². The summed E-state index contributed by atoms with van der Waals surface area (Å²) in [5.41, 5.74) is -0.601. The summed E-state index contributed by atoms with van der Waals surface area (Å²) in [4.78, 5) is 34.9. The quantitative estimate of drug-likeness (QED) is 0.227. The van der Waals surface area contributed by atoms with Gasteiger partial charge in [0.2, 0.25) is 5.78 Å². The number of sulfonamides is 1. The minimum atomic E-state index is -4.28. The Morgan fingerprint density at radius 3 is 2.36 bits per heavy atom. The summed E-state index contributed by atoms with van der Waals surface area (Å²) in [6.45, 7) is 1.33. The van der Waals surface area contributed by atoms with Crippen molar-refractivity contribution in [3.8, 4) is 0 Å². The molecule has 3 rings (SSSR count). The Labute approximate surface area is 188 Å². The fraction of sp³-hybridized carbons (Fsp3) is 0.0909. The van der Waals surface area contributed by atoms with Gasteiger partial charge in [-0.05, 0) is 49.4 Å². The van der Waals surface area contributed by atoms with Gasteiger partial charge < -0.3 is 4.74 Å². The third-order valence-corrected chi connectivity index (χ3v) is 5.87. The van der Waals surface area contributed by atoms with Crippen molar-refractivity contribution in [1.82, 2.24) is 0 Å². The molecule has 0 saturated heterocycles. The number of ketones is 1. The monoisotopic (exact) mass is 472 g/mol. The SMILES string of the molecule is CC(OC(=O)c1ccccc1NS(=O)(=O)c1cccc([N+](=O)[O-])c1)C(=O)c1ccc(F)cc1. The lowest BCUT2D eigenvalue weighted by atomic mass is 10.1. The van der Waals surface area contributed by atoms with Crippen LogP contribution in [0.25, 0.3) is 0 Å². The Morgan fingerprint density at radius 2 is 1.70 bits per heavy atom. The summed E-state index contributed by atoms with van der Waals surface area (Å²) in [6, 6.07) is 14.6. The van der Waals surface area contributed by atoms with Crippen LogP contribution in [0.15, 0.2) is 77.7 Å². The highest BCUT2D eigenvalue weighted by Crippen LogP contribution is 2.24. The number of halogens is 1. The van der Waals surface area contributed by atoms with Crippen LogP contribution in [-0.2, 0) is 14.8 Å². The second-order valence-electron chi connectivity index (χ2n) is 6.82.